The smallest absolute Gasteiger partial charge is 0.244 e. The van der Waals surface area contributed by atoms with E-state index in [2.05, 4.69) is 35.0 Å². The van der Waals surface area contributed by atoms with Crippen molar-refractivity contribution in [1.82, 2.24) is 10.2 Å². The molecule has 1 aliphatic carbocycles. The first-order chi connectivity index (χ1) is 16.6. The quantitative estimate of drug-likeness (QED) is 0.453. The van der Waals surface area contributed by atoms with Gasteiger partial charge in [-0.3, -0.25) is 9.69 Å². The lowest BCUT2D eigenvalue weighted by Gasteiger charge is -2.53. The normalized spacial score (nSPS) is 24.9. The SMILES string of the molecule is C=CCN1CC[C@@]2(c3cccc(OC)c3)C[C@H](NC(=O)C=Cc3cccc(OC)c3)CC[C@@H]2C1. The zero-order valence-electron chi connectivity index (χ0n) is 20.3. The number of rotatable bonds is 8. The third-order valence-corrected chi connectivity index (χ3v) is 7.51. The number of benzene rings is 2. The number of piperidine rings is 1. The van der Waals surface area contributed by atoms with Crippen molar-refractivity contribution >= 4 is 12.0 Å². The number of nitrogens with zero attached hydrogens (tertiary/aromatic N) is 1. The van der Waals surface area contributed by atoms with Crippen LogP contribution < -0.4 is 14.8 Å². The topological polar surface area (TPSA) is 50.8 Å². The Morgan fingerprint density at radius 1 is 1.15 bits per heavy atom. The molecular formula is C29H36N2O3. The molecule has 1 aliphatic heterocycles. The maximum absolute atomic E-state index is 12.8. The first-order valence-corrected chi connectivity index (χ1v) is 12.2. The fraction of sp³-hybridized carbons (Fsp3) is 0.414. The summed E-state index contributed by atoms with van der Waals surface area (Å²) in [6, 6.07) is 16.4. The summed E-state index contributed by atoms with van der Waals surface area (Å²) < 4.78 is 10.8. The van der Waals surface area contributed by atoms with E-state index in [1.54, 1.807) is 20.3 Å². The van der Waals surface area contributed by atoms with Gasteiger partial charge < -0.3 is 14.8 Å². The number of amides is 1. The maximum Gasteiger partial charge on any atom is 0.244 e. The average molecular weight is 461 g/mol. The second-order valence-electron chi connectivity index (χ2n) is 9.48. The zero-order chi connectivity index (χ0) is 24.0. The van der Waals surface area contributed by atoms with E-state index in [4.69, 9.17) is 9.47 Å². The number of likely N-dealkylation sites (tertiary alicyclic amines) is 1. The molecule has 1 saturated carbocycles. The minimum Gasteiger partial charge on any atom is -0.497 e. The minimum atomic E-state index is -0.0452. The molecule has 2 aromatic carbocycles. The summed E-state index contributed by atoms with van der Waals surface area (Å²) in [5.74, 6) is 2.18. The van der Waals surface area contributed by atoms with Gasteiger partial charge in [0.25, 0.3) is 0 Å². The second kappa shape index (κ2) is 10.9. The third-order valence-electron chi connectivity index (χ3n) is 7.51. The highest BCUT2D eigenvalue weighted by atomic mass is 16.5. The van der Waals surface area contributed by atoms with Crippen molar-refractivity contribution in [3.63, 3.8) is 0 Å². The summed E-state index contributed by atoms with van der Waals surface area (Å²) in [7, 11) is 3.37. The molecule has 0 aromatic heterocycles. The van der Waals surface area contributed by atoms with Crippen LogP contribution >= 0.6 is 0 Å². The molecule has 0 radical (unpaired) electrons. The van der Waals surface area contributed by atoms with E-state index in [0.29, 0.717) is 5.92 Å². The molecule has 1 heterocycles. The Balaban J connectivity index is 1.50. The maximum atomic E-state index is 12.8. The van der Waals surface area contributed by atoms with Gasteiger partial charge >= 0.3 is 0 Å². The standard InChI is InChI=1S/C29H36N2O3/c1-4-16-31-17-15-29(23-8-6-10-27(19-23)34-3)20-25(13-12-24(29)21-31)30-28(32)14-11-22-7-5-9-26(18-22)33-2/h4-11,14,18-19,24-25H,1,12-13,15-17,20-21H2,2-3H3,(H,30,32)/t24-,25-,29+/m1/s1. The van der Waals surface area contributed by atoms with Gasteiger partial charge in [-0.15, -0.1) is 6.58 Å². The number of fused-ring (bicyclic) bond motifs is 1. The highest BCUT2D eigenvalue weighted by Gasteiger charge is 2.48. The Labute approximate surface area is 203 Å². The van der Waals surface area contributed by atoms with E-state index in [1.165, 1.54) is 5.56 Å². The summed E-state index contributed by atoms with van der Waals surface area (Å²) in [5.41, 5.74) is 2.32. The van der Waals surface area contributed by atoms with Gasteiger partial charge in [0.15, 0.2) is 0 Å². The van der Waals surface area contributed by atoms with E-state index < -0.39 is 0 Å². The molecule has 4 rings (SSSR count). The molecule has 0 unspecified atom stereocenters. The molecule has 34 heavy (non-hydrogen) atoms. The van der Waals surface area contributed by atoms with E-state index in [-0.39, 0.29) is 17.4 Å². The molecule has 1 saturated heterocycles. The van der Waals surface area contributed by atoms with Gasteiger partial charge in [-0.1, -0.05) is 30.3 Å². The second-order valence-corrected chi connectivity index (χ2v) is 9.48. The van der Waals surface area contributed by atoms with Gasteiger partial charge in [-0.2, -0.15) is 0 Å². The zero-order valence-corrected chi connectivity index (χ0v) is 20.3. The number of methoxy groups -OCH3 is 2. The molecule has 3 atom stereocenters. The predicted octanol–water partition coefficient (Wildman–Crippen LogP) is 4.83. The third kappa shape index (κ3) is 5.36. The molecule has 0 bridgehead atoms. The molecule has 0 spiro atoms. The highest BCUT2D eigenvalue weighted by Crippen LogP contribution is 2.49. The molecule has 5 nitrogen and oxygen atoms in total. The predicted molar refractivity (Wildman–Crippen MR) is 137 cm³/mol. The molecule has 1 amide bonds. The van der Waals surface area contributed by atoms with Crippen LogP contribution in [0.2, 0.25) is 0 Å². The van der Waals surface area contributed by atoms with Crippen LogP contribution in [-0.2, 0) is 10.2 Å². The first kappa shape index (κ1) is 24.1. The van der Waals surface area contributed by atoms with Crippen LogP contribution in [0.4, 0.5) is 0 Å². The summed E-state index contributed by atoms with van der Waals surface area (Å²) in [6.45, 7) is 6.97. The van der Waals surface area contributed by atoms with Crippen LogP contribution in [0.1, 0.15) is 36.8 Å². The van der Waals surface area contributed by atoms with Crippen molar-refractivity contribution in [2.75, 3.05) is 33.9 Å². The van der Waals surface area contributed by atoms with Crippen molar-refractivity contribution < 1.29 is 14.3 Å². The van der Waals surface area contributed by atoms with Crippen molar-refractivity contribution in [2.24, 2.45) is 5.92 Å². The Morgan fingerprint density at radius 3 is 2.68 bits per heavy atom. The van der Waals surface area contributed by atoms with Gasteiger partial charge in [0.2, 0.25) is 5.91 Å². The minimum absolute atomic E-state index is 0.0406. The Kier molecular flexibility index (Phi) is 7.73. The Bertz CT molecular complexity index is 1030. The number of carbonyl (C=O) groups excluding carboxylic acids is 1. The lowest BCUT2D eigenvalue weighted by Crippen LogP contribution is -2.56. The summed E-state index contributed by atoms with van der Waals surface area (Å²) in [5, 5.41) is 3.29. The van der Waals surface area contributed by atoms with Crippen molar-refractivity contribution in [2.45, 2.75) is 37.1 Å². The van der Waals surface area contributed by atoms with Crippen molar-refractivity contribution in [3.05, 3.63) is 78.4 Å². The first-order valence-electron chi connectivity index (χ1n) is 12.2. The molecular weight excluding hydrogens is 424 g/mol. The fourth-order valence-corrected chi connectivity index (χ4v) is 5.79. The van der Waals surface area contributed by atoms with E-state index in [1.807, 2.05) is 42.5 Å². The lowest BCUT2D eigenvalue weighted by molar-refractivity contribution is -0.117. The van der Waals surface area contributed by atoms with E-state index in [0.717, 1.165) is 62.4 Å². The van der Waals surface area contributed by atoms with E-state index in [9.17, 15) is 4.79 Å². The monoisotopic (exact) mass is 460 g/mol. The van der Waals surface area contributed by atoms with E-state index >= 15 is 0 Å². The van der Waals surface area contributed by atoms with Crippen LogP contribution in [-0.4, -0.2) is 50.7 Å². The molecule has 2 aromatic rings. The number of hydrogen-bond acceptors (Lipinski definition) is 4. The Hall–Kier alpha value is -3.05. The van der Waals surface area contributed by atoms with Gasteiger partial charge in [-0.25, -0.2) is 0 Å². The van der Waals surface area contributed by atoms with Gasteiger partial charge in [0.05, 0.1) is 14.2 Å². The summed E-state index contributed by atoms with van der Waals surface area (Å²) in [6.07, 6.45) is 9.59. The van der Waals surface area contributed by atoms with Gasteiger partial charge in [-0.05, 0) is 79.6 Å². The number of ether oxygens (including phenoxy) is 2. The average Bonchev–Trinajstić information content (AvgIpc) is 2.88. The molecule has 1 N–H and O–H groups in total. The van der Waals surface area contributed by atoms with Crippen LogP contribution in [0.3, 0.4) is 0 Å². The number of carbonyl (C=O) groups is 1. The van der Waals surface area contributed by atoms with Crippen LogP contribution in [0, 0.1) is 5.92 Å². The number of hydrogen-bond donors (Lipinski definition) is 1. The number of nitrogens with one attached hydrogen (secondary N) is 1. The molecule has 2 fully saturated rings. The van der Waals surface area contributed by atoms with Crippen molar-refractivity contribution in [3.8, 4) is 11.5 Å². The van der Waals surface area contributed by atoms with Gasteiger partial charge in [0, 0.05) is 30.6 Å². The molecule has 2 aliphatic rings. The van der Waals surface area contributed by atoms with Crippen LogP contribution in [0.15, 0.2) is 67.3 Å². The fourth-order valence-electron chi connectivity index (χ4n) is 5.79. The summed E-state index contributed by atoms with van der Waals surface area (Å²) in [4.78, 5) is 15.3. The van der Waals surface area contributed by atoms with Gasteiger partial charge in [0.1, 0.15) is 11.5 Å². The Morgan fingerprint density at radius 2 is 1.91 bits per heavy atom. The lowest BCUT2D eigenvalue weighted by atomic mass is 9.58. The highest BCUT2D eigenvalue weighted by molar-refractivity contribution is 5.92. The van der Waals surface area contributed by atoms with Crippen LogP contribution in [0.5, 0.6) is 11.5 Å². The molecule has 180 valence electrons. The summed E-state index contributed by atoms with van der Waals surface area (Å²) >= 11 is 0. The van der Waals surface area contributed by atoms with Crippen molar-refractivity contribution in [1.29, 1.82) is 0 Å². The van der Waals surface area contributed by atoms with Crippen LogP contribution in [0.25, 0.3) is 6.08 Å². The molecule has 5 heteroatoms. The largest absolute Gasteiger partial charge is 0.497 e.